The lowest BCUT2D eigenvalue weighted by molar-refractivity contribution is 0.736. The number of nitrogens with zero attached hydrogens (tertiary/aromatic N) is 4. The molecule has 0 unspecified atom stereocenters. The van der Waals surface area contributed by atoms with Crippen LogP contribution in [0.5, 0.6) is 0 Å². The normalized spacial score (nSPS) is 11.7. The third kappa shape index (κ3) is 5.48. The first-order valence-electron chi connectivity index (χ1n) is 7.50. The smallest absolute Gasteiger partial charge is 0.190 e. The standard InChI is InChI=1S/C15H24N6S/c1-12-9-19-14(22-12)6-8-18-15(16-2)17-7-4-5-13-10-20-21(3)11-13/h9-11H,4-8H2,1-3H3,(H2,16,17,18). The van der Waals surface area contributed by atoms with Crippen LogP contribution < -0.4 is 10.6 Å². The molecule has 0 amide bonds. The Hall–Kier alpha value is -1.89. The summed E-state index contributed by atoms with van der Waals surface area (Å²) in [5.74, 6) is 0.847. The van der Waals surface area contributed by atoms with E-state index in [0.29, 0.717) is 0 Å². The van der Waals surface area contributed by atoms with Gasteiger partial charge in [0, 0.05) is 50.9 Å². The molecule has 0 atom stereocenters. The molecule has 2 aromatic rings. The lowest BCUT2D eigenvalue weighted by Crippen LogP contribution is -2.38. The van der Waals surface area contributed by atoms with Crippen molar-refractivity contribution in [3.05, 3.63) is 34.0 Å². The van der Waals surface area contributed by atoms with Gasteiger partial charge in [0.15, 0.2) is 5.96 Å². The molecule has 7 heteroatoms. The largest absolute Gasteiger partial charge is 0.356 e. The highest BCUT2D eigenvalue weighted by molar-refractivity contribution is 7.11. The van der Waals surface area contributed by atoms with Crippen molar-refractivity contribution in [2.75, 3.05) is 20.1 Å². The fourth-order valence-electron chi connectivity index (χ4n) is 2.13. The first-order chi connectivity index (χ1) is 10.7. The zero-order chi connectivity index (χ0) is 15.8. The van der Waals surface area contributed by atoms with Crippen LogP contribution >= 0.6 is 11.3 Å². The lowest BCUT2D eigenvalue weighted by Gasteiger charge is -2.10. The Morgan fingerprint density at radius 2 is 2.09 bits per heavy atom. The predicted molar refractivity (Wildman–Crippen MR) is 91.4 cm³/mol. The molecule has 22 heavy (non-hydrogen) atoms. The Morgan fingerprint density at radius 1 is 1.27 bits per heavy atom. The van der Waals surface area contributed by atoms with Crippen molar-refractivity contribution in [2.24, 2.45) is 12.0 Å². The van der Waals surface area contributed by atoms with E-state index in [4.69, 9.17) is 0 Å². The highest BCUT2D eigenvalue weighted by Gasteiger charge is 2.01. The quantitative estimate of drug-likeness (QED) is 0.461. The van der Waals surface area contributed by atoms with E-state index in [2.05, 4.69) is 38.8 Å². The van der Waals surface area contributed by atoms with Crippen LogP contribution in [0.3, 0.4) is 0 Å². The molecule has 2 heterocycles. The summed E-state index contributed by atoms with van der Waals surface area (Å²) in [4.78, 5) is 9.85. The Labute approximate surface area is 135 Å². The summed E-state index contributed by atoms with van der Waals surface area (Å²) in [6.07, 6.45) is 8.90. The maximum absolute atomic E-state index is 4.36. The molecule has 0 saturated carbocycles. The van der Waals surface area contributed by atoms with Crippen LogP contribution in [0, 0.1) is 6.92 Å². The summed E-state index contributed by atoms with van der Waals surface area (Å²) in [6.45, 7) is 3.82. The fraction of sp³-hybridized carbons (Fsp3) is 0.533. The summed E-state index contributed by atoms with van der Waals surface area (Å²) in [7, 11) is 3.74. The number of rotatable bonds is 7. The molecule has 2 rings (SSSR count). The number of hydrogen-bond donors (Lipinski definition) is 2. The zero-order valence-electron chi connectivity index (χ0n) is 13.5. The van der Waals surface area contributed by atoms with Gasteiger partial charge in [-0.2, -0.15) is 5.10 Å². The first kappa shape index (κ1) is 16.5. The maximum atomic E-state index is 4.36. The molecule has 6 nitrogen and oxygen atoms in total. The molecule has 0 aliphatic carbocycles. The van der Waals surface area contributed by atoms with Crippen LogP contribution in [0.25, 0.3) is 0 Å². The second kappa shape index (κ2) is 8.53. The molecule has 0 saturated heterocycles. The molecule has 120 valence electrons. The van der Waals surface area contributed by atoms with Gasteiger partial charge in [0.25, 0.3) is 0 Å². The van der Waals surface area contributed by atoms with E-state index in [1.807, 2.05) is 24.1 Å². The molecule has 0 aliphatic heterocycles. The minimum Gasteiger partial charge on any atom is -0.356 e. The van der Waals surface area contributed by atoms with Gasteiger partial charge in [0.1, 0.15) is 0 Å². The number of nitrogens with one attached hydrogen (secondary N) is 2. The lowest BCUT2D eigenvalue weighted by atomic mass is 10.2. The number of aliphatic imine (C=N–C) groups is 1. The monoisotopic (exact) mass is 320 g/mol. The summed E-state index contributed by atoms with van der Waals surface area (Å²) < 4.78 is 1.84. The van der Waals surface area contributed by atoms with E-state index in [9.17, 15) is 0 Å². The van der Waals surface area contributed by atoms with Crippen molar-refractivity contribution in [1.29, 1.82) is 0 Å². The van der Waals surface area contributed by atoms with E-state index in [1.54, 1.807) is 18.4 Å². The second-order valence-corrected chi connectivity index (χ2v) is 6.49. The van der Waals surface area contributed by atoms with Gasteiger partial charge in [-0.1, -0.05) is 0 Å². The number of guanidine groups is 1. The minimum absolute atomic E-state index is 0.842. The van der Waals surface area contributed by atoms with Gasteiger partial charge in [-0.15, -0.1) is 11.3 Å². The topological polar surface area (TPSA) is 67.1 Å². The first-order valence-corrected chi connectivity index (χ1v) is 8.32. The Morgan fingerprint density at radius 3 is 2.73 bits per heavy atom. The van der Waals surface area contributed by atoms with Crippen LogP contribution in [0.2, 0.25) is 0 Å². The molecule has 2 aromatic heterocycles. The third-order valence-corrected chi connectivity index (χ3v) is 4.19. The Balaban J connectivity index is 1.60. The maximum Gasteiger partial charge on any atom is 0.190 e. The summed E-state index contributed by atoms with van der Waals surface area (Å²) in [5, 5.41) is 12.0. The predicted octanol–water partition coefficient (Wildman–Crippen LogP) is 1.53. The minimum atomic E-state index is 0.842. The van der Waals surface area contributed by atoms with Gasteiger partial charge >= 0.3 is 0 Å². The van der Waals surface area contributed by atoms with Crippen molar-refractivity contribution in [3.8, 4) is 0 Å². The average Bonchev–Trinajstić information content (AvgIpc) is 3.10. The van der Waals surface area contributed by atoms with E-state index in [0.717, 1.165) is 43.3 Å². The number of aromatic nitrogens is 3. The second-order valence-electron chi connectivity index (χ2n) is 5.17. The van der Waals surface area contributed by atoms with Crippen LogP contribution in [0.15, 0.2) is 23.6 Å². The Bertz CT molecular complexity index is 601. The number of thiazole rings is 1. The van der Waals surface area contributed by atoms with Crippen LogP contribution in [-0.2, 0) is 19.9 Å². The fourth-order valence-corrected chi connectivity index (χ4v) is 2.91. The number of hydrogen-bond acceptors (Lipinski definition) is 4. The Kier molecular flexibility index (Phi) is 6.39. The molecule has 0 aliphatic rings. The molecule has 0 fully saturated rings. The van der Waals surface area contributed by atoms with Gasteiger partial charge < -0.3 is 10.6 Å². The van der Waals surface area contributed by atoms with E-state index in [-0.39, 0.29) is 0 Å². The summed E-state index contributed by atoms with van der Waals surface area (Å²) in [5.41, 5.74) is 1.27. The van der Waals surface area contributed by atoms with E-state index >= 15 is 0 Å². The molecule has 2 N–H and O–H groups in total. The van der Waals surface area contributed by atoms with Crippen LogP contribution in [0.1, 0.15) is 21.9 Å². The van der Waals surface area contributed by atoms with Crippen LogP contribution in [0.4, 0.5) is 0 Å². The molecule has 0 radical (unpaired) electrons. The summed E-state index contributed by atoms with van der Waals surface area (Å²) >= 11 is 1.75. The van der Waals surface area contributed by atoms with Gasteiger partial charge in [0.05, 0.1) is 11.2 Å². The molecule has 0 spiro atoms. The number of aryl methyl sites for hydroxylation is 3. The van der Waals surface area contributed by atoms with Gasteiger partial charge in [-0.25, -0.2) is 4.98 Å². The highest BCUT2D eigenvalue weighted by atomic mass is 32.1. The third-order valence-electron chi connectivity index (χ3n) is 3.22. The SMILES string of the molecule is CN=C(NCCCc1cnn(C)c1)NCCc1ncc(C)s1. The molecular weight excluding hydrogens is 296 g/mol. The van der Waals surface area contributed by atoms with Crippen molar-refractivity contribution < 1.29 is 0 Å². The van der Waals surface area contributed by atoms with Gasteiger partial charge in [-0.05, 0) is 25.3 Å². The van der Waals surface area contributed by atoms with Crippen molar-refractivity contribution >= 4 is 17.3 Å². The average molecular weight is 320 g/mol. The summed E-state index contributed by atoms with van der Waals surface area (Å²) in [6, 6.07) is 0. The zero-order valence-corrected chi connectivity index (χ0v) is 14.3. The molecule has 0 aromatic carbocycles. The van der Waals surface area contributed by atoms with Crippen LogP contribution in [-0.4, -0.2) is 40.9 Å². The van der Waals surface area contributed by atoms with E-state index < -0.39 is 0 Å². The highest BCUT2D eigenvalue weighted by Crippen LogP contribution is 2.10. The van der Waals surface area contributed by atoms with Crippen molar-refractivity contribution in [1.82, 2.24) is 25.4 Å². The van der Waals surface area contributed by atoms with Gasteiger partial charge in [0.2, 0.25) is 0 Å². The van der Waals surface area contributed by atoms with Gasteiger partial charge in [-0.3, -0.25) is 9.67 Å². The van der Waals surface area contributed by atoms with Crippen molar-refractivity contribution in [3.63, 3.8) is 0 Å². The molecule has 0 bridgehead atoms. The van der Waals surface area contributed by atoms with Crippen molar-refractivity contribution in [2.45, 2.75) is 26.2 Å². The molecular formula is C15H24N6S. The van der Waals surface area contributed by atoms with E-state index in [1.165, 1.54) is 10.4 Å².